The molecular formula is C19H30N6. The Balaban J connectivity index is 1.56. The van der Waals surface area contributed by atoms with E-state index in [4.69, 9.17) is 4.98 Å². The summed E-state index contributed by atoms with van der Waals surface area (Å²) >= 11 is 0. The summed E-state index contributed by atoms with van der Waals surface area (Å²) in [7, 11) is 4.06. The van der Waals surface area contributed by atoms with Crippen molar-refractivity contribution >= 4 is 11.8 Å². The Bertz CT molecular complexity index is 693. The van der Waals surface area contributed by atoms with Crippen molar-refractivity contribution in [2.45, 2.75) is 27.3 Å². The van der Waals surface area contributed by atoms with Gasteiger partial charge in [-0.2, -0.15) is 4.98 Å². The normalized spacial score (nSPS) is 15.6. The average molecular weight is 342 g/mol. The molecule has 0 amide bonds. The third-order valence-corrected chi connectivity index (χ3v) is 5.07. The third kappa shape index (κ3) is 3.95. The molecule has 3 rings (SSSR count). The minimum absolute atomic E-state index is 0.853. The maximum absolute atomic E-state index is 4.75. The van der Waals surface area contributed by atoms with Gasteiger partial charge in [0.2, 0.25) is 5.95 Å². The predicted octanol–water partition coefficient (Wildman–Crippen LogP) is 2.09. The number of nitrogens with zero attached hydrogens (tertiary/aromatic N) is 6. The third-order valence-electron chi connectivity index (χ3n) is 5.07. The van der Waals surface area contributed by atoms with E-state index in [9.17, 15) is 0 Å². The Kier molecular flexibility index (Phi) is 5.27. The molecule has 0 radical (unpaired) electrons. The summed E-state index contributed by atoms with van der Waals surface area (Å²) in [5.74, 6) is 1.86. The first-order chi connectivity index (χ1) is 12.0. The van der Waals surface area contributed by atoms with Gasteiger partial charge in [-0.1, -0.05) is 0 Å². The monoisotopic (exact) mass is 342 g/mol. The van der Waals surface area contributed by atoms with Crippen LogP contribution < -0.4 is 9.80 Å². The molecule has 6 heteroatoms. The molecule has 1 aliphatic heterocycles. The van der Waals surface area contributed by atoms with Gasteiger partial charge in [-0.25, -0.2) is 4.98 Å². The Hall–Kier alpha value is -2.08. The second-order valence-electron chi connectivity index (χ2n) is 7.17. The lowest BCUT2D eigenvalue weighted by atomic mass is 10.3. The summed E-state index contributed by atoms with van der Waals surface area (Å²) < 4.78 is 2.40. The molecule has 0 bridgehead atoms. The topological polar surface area (TPSA) is 40.4 Å². The van der Waals surface area contributed by atoms with Crippen molar-refractivity contribution in [3.05, 3.63) is 35.3 Å². The SMILES string of the molecule is Cc1cnc(N2CCN(CCn3c(C)ccc3C)CC2)nc1N(C)C. The number of hydrogen-bond acceptors (Lipinski definition) is 5. The molecule has 1 saturated heterocycles. The van der Waals surface area contributed by atoms with E-state index >= 15 is 0 Å². The second kappa shape index (κ2) is 7.44. The van der Waals surface area contributed by atoms with E-state index in [2.05, 4.69) is 57.2 Å². The Labute approximate surface area is 151 Å². The first kappa shape index (κ1) is 17.7. The van der Waals surface area contributed by atoms with Crippen molar-refractivity contribution in [3.63, 3.8) is 0 Å². The highest BCUT2D eigenvalue weighted by atomic mass is 15.3. The summed E-state index contributed by atoms with van der Waals surface area (Å²) in [4.78, 5) is 16.2. The van der Waals surface area contributed by atoms with Crippen LogP contribution in [0.25, 0.3) is 0 Å². The van der Waals surface area contributed by atoms with Gasteiger partial charge in [0.1, 0.15) is 5.82 Å². The molecule has 25 heavy (non-hydrogen) atoms. The Morgan fingerprint density at radius 3 is 2.20 bits per heavy atom. The molecule has 3 heterocycles. The van der Waals surface area contributed by atoms with Crippen molar-refractivity contribution in [3.8, 4) is 0 Å². The summed E-state index contributed by atoms with van der Waals surface area (Å²) in [6, 6.07) is 4.40. The number of aryl methyl sites for hydroxylation is 3. The molecule has 0 unspecified atom stereocenters. The quantitative estimate of drug-likeness (QED) is 0.832. The van der Waals surface area contributed by atoms with Crippen molar-refractivity contribution in [1.29, 1.82) is 0 Å². The molecular weight excluding hydrogens is 312 g/mol. The summed E-state index contributed by atoms with van der Waals surface area (Å²) in [6.45, 7) is 12.7. The number of aromatic nitrogens is 3. The lowest BCUT2D eigenvalue weighted by Gasteiger charge is -2.35. The van der Waals surface area contributed by atoms with Crippen LogP contribution in [0.15, 0.2) is 18.3 Å². The van der Waals surface area contributed by atoms with Crippen LogP contribution >= 0.6 is 0 Å². The molecule has 1 fully saturated rings. The van der Waals surface area contributed by atoms with Crippen molar-refractivity contribution < 1.29 is 0 Å². The van der Waals surface area contributed by atoms with Crippen LogP contribution in [0.4, 0.5) is 11.8 Å². The van der Waals surface area contributed by atoms with E-state index in [1.54, 1.807) is 0 Å². The molecule has 1 aliphatic rings. The summed E-state index contributed by atoms with van der Waals surface area (Å²) in [5.41, 5.74) is 3.81. The highest BCUT2D eigenvalue weighted by Crippen LogP contribution is 2.19. The number of piperazine rings is 1. The molecule has 0 saturated carbocycles. The number of anilines is 2. The molecule has 0 aromatic carbocycles. The van der Waals surface area contributed by atoms with Gasteiger partial charge in [-0.05, 0) is 32.9 Å². The standard InChI is InChI=1S/C19H30N6/c1-15-14-20-19(21-18(15)22(4)5)24-11-8-23(9-12-24)10-13-25-16(2)6-7-17(25)3/h6-7,14H,8-13H2,1-5H3. The predicted molar refractivity (Wildman–Crippen MR) is 104 cm³/mol. The molecule has 6 nitrogen and oxygen atoms in total. The lowest BCUT2D eigenvalue weighted by molar-refractivity contribution is 0.246. The van der Waals surface area contributed by atoms with Gasteiger partial charge in [0.25, 0.3) is 0 Å². The van der Waals surface area contributed by atoms with Gasteiger partial charge in [0, 0.05) is 76.5 Å². The Morgan fingerprint density at radius 2 is 1.60 bits per heavy atom. The average Bonchev–Trinajstić information content (AvgIpc) is 2.92. The van der Waals surface area contributed by atoms with Crippen LogP contribution in [0, 0.1) is 20.8 Å². The van der Waals surface area contributed by atoms with Crippen LogP contribution in [-0.2, 0) is 6.54 Å². The molecule has 0 aliphatic carbocycles. The van der Waals surface area contributed by atoms with Gasteiger partial charge < -0.3 is 14.4 Å². The van der Waals surface area contributed by atoms with Gasteiger partial charge in [-0.15, -0.1) is 0 Å². The zero-order valence-electron chi connectivity index (χ0n) is 16.2. The maximum Gasteiger partial charge on any atom is 0.227 e. The largest absolute Gasteiger partial charge is 0.362 e. The van der Waals surface area contributed by atoms with Crippen molar-refractivity contribution in [2.75, 3.05) is 56.6 Å². The minimum Gasteiger partial charge on any atom is -0.362 e. The zero-order chi connectivity index (χ0) is 18.0. The number of hydrogen-bond donors (Lipinski definition) is 0. The Morgan fingerprint density at radius 1 is 0.960 bits per heavy atom. The van der Waals surface area contributed by atoms with Gasteiger partial charge in [0.05, 0.1) is 0 Å². The van der Waals surface area contributed by atoms with Gasteiger partial charge >= 0.3 is 0 Å². The van der Waals surface area contributed by atoms with E-state index < -0.39 is 0 Å². The lowest BCUT2D eigenvalue weighted by Crippen LogP contribution is -2.48. The van der Waals surface area contributed by atoms with Crippen LogP contribution in [0.2, 0.25) is 0 Å². The fourth-order valence-electron chi connectivity index (χ4n) is 3.49. The highest BCUT2D eigenvalue weighted by Gasteiger charge is 2.20. The maximum atomic E-state index is 4.75. The van der Waals surface area contributed by atoms with Crippen molar-refractivity contribution in [1.82, 2.24) is 19.4 Å². The fraction of sp³-hybridized carbons (Fsp3) is 0.579. The van der Waals surface area contributed by atoms with E-state index in [1.165, 1.54) is 11.4 Å². The van der Waals surface area contributed by atoms with E-state index in [-0.39, 0.29) is 0 Å². The molecule has 0 N–H and O–H groups in total. The first-order valence-corrected chi connectivity index (χ1v) is 9.06. The molecule has 2 aromatic rings. The van der Waals surface area contributed by atoms with E-state index in [0.717, 1.165) is 56.6 Å². The van der Waals surface area contributed by atoms with E-state index in [0.29, 0.717) is 0 Å². The fourth-order valence-corrected chi connectivity index (χ4v) is 3.49. The minimum atomic E-state index is 0.853. The summed E-state index contributed by atoms with van der Waals surface area (Å²) in [6.07, 6.45) is 1.93. The van der Waals surface area contributed by atoms with Crippen LogP contribution in [-0.4, -0.2) is 66.3 Å². The van der Waals surface area contributed by atoms with Gasteiger partial charge in [-0.3, -0.25) is 4.90 Å². The highest BCUT2D eigenvalue weighted by molar-refractivity contribution is 5.48. The van der Waals surface area contributed by atoms with Crippen LogP contribution in [0.1, 0.15) is 17.0 Å². The molecule has 136 valence electrons. The molecule has 0 spiro atoms. The smallest absolute Gasteiger partial charge is 0.227 e. The zero-order valence-corrected chi connectivity index (χ0v) is 16.2. The molecule has 2 aromatic heterocycles. The second-order valence-corrected chi connectivity index (χ2v) is 7.17. The van der Waals surface area contributed by atoms with Crippen LogP contribution in [0.5, 0.6) is 0 Å². The van der Waals surface area contributed by atoms with E-state index in [1.807, 2.05) is 20.3 Å². The number of rotatable bonds is 5. The van der Waals surface area contributed by atoms with Crippen LogP contribution in [0.3, 0.4) is 0 Å². The van der Waals surface area contributed by atoms with Gasteiger partial charge in [0.15, 0.2) is 0 Å². The molecule has 0 atom stereocenters. The van der Waals surface area contributed by atoms with Crippen molar-refractivity contribution in [2.24, 2.45) is 0 Å². The summed E-state index contributed by atoms with van der Waals surface area (Å²) in [5, 5.41) is 0. The first-order valence-electron chi connectivity index (χ1n) is 9.06.